The summed E-state index contributed by atoms with van der Waals surface area (Å²) in [6.45, 7) is -0.214. The van der Waals surface area contributed by atoms with E-state index in [1.165, 1.54) is 0 Å². The lowest BCUT2D eigenvalue weighted by atomic mass is 10.1. The molecule has 0 saturated heterocycles. The van der Waals surface area contributed by atoms with Crippen molar-refractivity contribution in [2.24, 2.45) is 0 Å². The first-order valence-corrected chi connectivity index (χ1v) is 7.04. The average Bonchev–Trinajstić information content (AvgIpc) is 2.48. The zero-order chi connectivity index (χ0) is 17.7. The molecule has 0 atom stereocenters. The number of rotatable bonds is 6. The maximum Gasteiger partial charge on any atom is 0.287 e. The van der Waals surface area contributed by atoms with Gasteiger partial charge in [0.25, 0.3) is 5.91 Å². The van der Waals surface area contributed by atoms with E-state index in [2.05, 4.69) is 5.32 Å². The van der Waals surface area contributed by atoms with Crippen LogP contribution in [0.5, 0.6) is 0 Å². The summed E-state index contributed by atoms with van der Waals surface area (Å²) in [5.74, 6) is -4.85. The molecule has 0 aliphatic rings. The highest BCUT2D eigenvalue weighted by molar-refractivity contribution is 6.36. The molecule has 0 fully saturated rings. The number of hydrogen-bond donors (Lipinski definition) is 1. The Morgan fingerprint density at radius 1 is 0.750 bits per heavy atom. The van der Waals surface area contributed by atoms with E-state index >= 15 is 0 Å². The van der Waals surface area contributed by atoms with E-state index in [0.717, 1.165) is 24.3 Å². The summed E-state index contributed by atoms with van der Waals surface area (Å²) in [6.07, 6.45) is -0.248. The number of aryl methyl sites for hydroxylation is 1. The van der Waals surface area contributed by atoms with Gasteiger partial charge in [-0.15, -0.1) is 0 Å². The molecule has 2 aromatic rings. The largest absolute Gasteiger partial charge is 0.345 e. The van der Waals surface area contributed by atoms with Gasteiger partial charge >= 0.3 is 0 Å². The van der Waals surface area contributed by atoms with Crippen molar-refractivity contribution in [3.8, 4) is 0 Å². The Kier molecular flexibility index (Phi) is 5.68. The first-order valence-electron chi connectivity index (χ1n) is 7.04. The lowest BCUT2D eigenvalue weighted by Crippen LogP contribution is -2.30. The van der Waals surface area contributed by atoms with Gasteiger partial charge in [-0.1, -0.05) is 0 Å². The number of hydrogen-bond acceptors (Lipinski definition) is 2. The van der Waals surface area contributed by atoms with Crippen molar-refractivity contribution in [3.63, 3.8) is 0 Å². The smallest absolute Gasteiger partial charge is 0.287 e. The molecule has 7 heteroatoms. The minimum absolute atomic E-state index is 0.00444. The van der Waals surface area contributed by atoms with Gasteiger partial charge in [-0.3, -0.25) is 9.59 Å². The normalized spacial score (nSPS) is 10.5. The maximum atomic E-state index is 13.0. The molecular formula is C17H13F4NO2. The minimum atomic E-state index is -0.934. The molecule has 0 aliphatic carbocycles. The third kappa shape index (κ3) is 5.19. The molecule has 1 N–H and O–H groups in total. The van der Waals surface area contributed by atoms with Crippen molar-refractivity contribution >= 4 is 11.7 Å². The first kappa shape index (κ1) is 17.7. The van der Waals surface area contributed by atoms with Gasteiger partial charge < -0.3 is 5.32 Å². The van der Waals surface area contributed by atoms with Crippen LogP contribution in [0.15, 0.2) is 36.4 Å². The molecule has 0 aliphatic heterocycles. The Morgan fingerprint density at radius 2 is 1.21 bits per heavy atom. The van der Waals surface area contributed by atoms with Gasteiger partial charge in [-0.05, 0) is 41.8 Å². The second-order valence-electron chi connectivity index (χ2n) is 5.16. The molecule has 3 nitrogen and oxygen atoms in total. The summed E-state index contributed by atoms with van der Waals surface area (Å²) in [5, 5.41) is 2.24. The van der Waals surface area contributed by atoms with E-state index in [1.54, 1.807) is 0 Å². The number of amides is 1. The average molecular weight is 339 g/mol. The van der Waals surface area contributed by atoms with Crippen LogP contribution >= 0.6 is 0 Å². The highest BCUT2D eigenvalue weighted by Crippen LogP contribution is 2.10. The Balaban J connectivity index is 1.86. The number of carbonyl (C=O) groups is 2. The van der Waals surface area contributed by atoms with Gasteiger partial charge in [-0.2, -0.15) is 0 Å². The summed E-state index contributed by atoms with van der Waals surface area (Å²) in [5.41, 5.74) is 0.418. The number of halogens is 4. The van der Waals surface area contributed by atoms with Crippen molar-refractivity contribution < 1.29 is 27.2 Å². The molecule has 0 saturated carbocycles. The van der Waals surface area contributed by atoms with Gasteiger partial charge in [0.05, 0.1) is 0 Å². The quantitative estimate of drug-likeness (QED) is 0.649. The number of benzene rings is 2. The van der Waals surface area contributed by atoms with Gasteiger partial charge in [-0.25, -0.2) is 17.6 Å². The van der Waals surface area contributed by atoms with Crippen LogP contribution in [0.4, 0.5) is 17.6 Å². The van der Waals surface area contributed by atoms with Crippen LogP contribution in [0.2, 0.25) is 0 Å². The van der Waals surface area contributed by atoms with E-state index in [-0.39, 0.29) is 30.5 Å². The number of carbonyl (C=O) groups excluding carboxylic acids is 2. The first-order chi connectivity index (χ1) is 11.3. The number of Topliss-reactive ketones (excluding diaryl/α,β-unsaturated/α-hetero) is 1. The molecular weight excluding hydrogens is 326 g/mol. The molecule has 126 valence electrons. The molecule has 1 amide bonds. The third-order valence-corrected chi connectivity index (χ3v) is 3.19. The highest BCUT2D eigenvalue weighted by Gasteiger charge is 2.14. The van der Waals surface area contributed by atoms with E-state index in [1.807, 2.05) is 0 Å². The molecule has 0 bridgehead atoms. The summed E-state index contributed by atoms with van der Waals surface area (Å²) in [6, 6.07) is 5.60. The zero-order valence-electron chi connectivity index (χ0n) is 12.4. The fourth-order valence-corrected chi connectivity index (χ4v) is 2.12. The Bertz CT molecular complexity index is 671. The minimum Gasteiger partial charge on any atom is -0.345 e. The monoisotopic (exact) mass is 339 g/mol. The molecule has 0 unspecified atom stereocenters. The SMILES string of the molecule is O=C(CCc1cc(F)cc(F)c1)C(=O)NCc1cc(F)cc(F)c1. The second-order valence-corrected chi connectivity index (χ2v) is 5.16. The molecule has 0 spiro atoms. The number of ketones is 1. The molecule has 2 rings (SSSR count). The molecule has 0 aromatic heterocycles. The van der Waals surface area contributed by atoms with Crippen LogP contribution in [0.3, 0.4) is 0 Å². The third-order valence-electron chi connectivity index (χ3n) is 3.19. The van der Waals surface area contributed by atoms with Crippen LogP contribution < -0.4 is 5.32 Å². The van der Waals surface area contributed by atoms with E-state index < -0.39 is 35.0 Å². The molecule has 2 aromatic carbocycles. The van der Waals surface area contributed by atoms with E-state index in [9.17, 15) is 27.2 Å². The lowest BCUT2D eigenvalue weighted by Gasteiger charge is -2.06. The van der Waals surface area contributed by atoms with E-state index in [4.69, 9.17) is 0 Å². The predicted molar refractivity (Wildman–Crippen MR) is 77.9 cm³/mol. The van der Waals surface area contributed by atoms with Crippen LogP contribution in [0.25, 0.3) is 0 Å². The van der Waals surface area contributed by atoms with Crippen molar-refractivity contribution in [3.05, 3.63) is 70.8 Å². The zero-order valence-corrected chi connectivity index (χ0v) is 12.4. The Labute approximate surface area is 135 Å². The van der Waals surface area contributed by atoms with Crippen LogP contribution in [0, 0.1) is 23.3 Å². The van der Waals surface area contributed by atoms with Crippen LogP contribution in [0.1, 0.15) is 17.5 Å². The Morgan fingerprint density at radius 3 is 1.71 bits per heavy atom. The van der Waals surface area contributed by atoms with Crippen LogP contribution in [-0.2, 0) is 22.6 Å². The van der Waals surface area contributed by atoms with Crippen molar-refractivity contribution in [1.82, 2.24) is 5.32 Å². The molecule has 24 heavy (non-hydrogen) atoms. The fraction of sp³-hybridized carbons (Fsp3) is 0.176. The second kappa shape index (κ2) is 7.72. The lowest BCUT2D eigenvalue weighted by molar-refractivity contribution is -0.138. The van der Waals surface area contributed by atoms with Crippen molar-refractivity contribution in [1.29, 1.82) is 0 Å². The number of nitrogens with one attached hydrogen (secondary N) is 1. The molecule has 0 heterocycles. The van der Waals surface area contributed by atoms with Gasteiger partial charge in [0.15, 0.2) is 0 Å². The summed E-state index contributed by atoms with van der Waals surface area (Å²) < 4.78 is 52.0. The Hall–Kier alpha value is -2.70. The standard InChI is InChI=1S/C17H13F4NO2/c18-12-3-10(4-13(19)7-12)1-2-16(23)17(24)22-9-11-5-14(20)8-15(21)6-11/h3-8H,1-2,9H2,(H,22,24). The van der Waals surface area contributed by atoms with Gasteiger partial charge in [0.1, 0.15) is 23.3 Å². The summed E-state index contributed by atoms with van der Waals surface area (Å²) in [4.78, 5) is 23.3. The van der Waals surface area contributed by atoms with Crippen molar-refractivity contribution in [2.75, 3.05) is 0 Å². The predicted octanol–water partition coefficient (Wildman–Crippen LogP) is 3.06. The topological polar surface area (TPSA) is 46.2 Å². The summed E-state index contributed by atoms with van der Waals surface area (Å²) in [7, 11) is 0. The highest BCUT2D eigenvalue weighted by atomic mass is 19.1. The summed E-state index contributed by atoms with van der Waals surface area (Å²) >= 11 is 0. The van der Waals surface area contributed by atoms with Gasteiger partial charge in [0.2, 0.25) is 5.78 Å². The fourth-order valence-electron chi connectivity index (χ4n) is 2.12. The van der Waals surface area contributed by atoms with Gasteiger partial charge in [0, 0.05) is 25.1 Å². The molecule has 0 radical (unpaired) electrons. The maximum absolute atomic E-state index is 13.0. The van der Waals surface area contributed by atoms with Crippen molar-refractivity contribution in [2.45, 2.75) is 19.4 Å². The van der Waals surface area contributed by atoms with Crippen LogP contribution in [-0.4, -0.2) is 11.7 Å². The van der Waals surface area contributed by atoms with E-state index in [0.29, 0.717) is 12.1 Å².